The molecule has 56 heavy (non-hydrogen) atoms. The van der Waals surface area contributed by atoms with Crippen molar-refractivity contribution in [1.29, 1.82) is 0 Å². The first-order valence-corrected chi connectivity index (χ1v) is 19.2. The van der Waals surface area contributed by atoms with E-state index in [0.717, 1.165) is 61.1 Å². The van der Waals surface area contributed by atoms with Crippen molar-refractivity contribution in [2.24, 2.45) is 0 Å². The minimum Gasteiger partial charge on any atom is -0.455 e. The number of aromatic nitrogens is 2. The summed E-state index contributed by atoms with van der Waals surface area (Å²) in [6.07, 6.45) is 0. The Morgan fingerprint density at radius 1 is 0.339 bits per heavy atom. The lowest BCUT2D eigenvalue weighted by Gasteiger charge is -2.30. The molecular formula is C53H32N2O. The molecule has 2 aromatic heterocycles. The molecule has 0 saturated heterocycles. The quantitative estimate of drug-likeness (QED) is 0.182. The Balaban J connectivity index is 1.01. The van der Waals surface area contributed by atoms with E-state index in [9.17, 15) is 0 Å². The highest BCUT2D eigenvalue weighted by atomic mass is 16.3. The second-order valence-corrected chi connectivity index (χ2v) is 14.8. The van der Waals surface area contributed by atoms with E-state index in [-0.39, 0.29) is 5.41 Å². The molecule has 0 bridgehead atoms. The van der Waals surface area contributed by atoms with Gasteiger partial charge in [-0.25, -0.2) is 9.97 Å². The number of hydrogen-bond acceptors (Lipinski definition) is 3. The zero-order chi connectivity index (χ0) is 36.8. The van der Waals surface area contributed by atoms with Gasteiger partial charge in [-0.1, -0.05) is 176 Å². The van der Waals surface area contributed by atoms with E-state index in [1.54, 1.807) is 0 Å². The van der Waals surface area contributed by atoms with E-state index >= 15 is 0 Å². The third kappa shape index (κ3) is 4.34. The lowest BCUT2D eigenvalue weighted by atomic mass is 9.70. The fourth-order valence-electron chi connectivity index (χ4n) is 9.51. The van der Waals surface area contributed by atoms with Crippen LogP contribution in [0.25, 0.3) is 89.2 Å². The van der Waals surface area contributed by atoms with Crippen molar-refractivity contribution in [3.63, 3.8) is 0 Å². The molecule has 0 amide bonds. The summed E-state index contributed by atoms with van der Waals surface area (Å²) in [5, 5.41) is 2.25. The van der Waals surface area contributed by atoms with Crippen molar-refractivity contribution in [3.05, 3.63) is 216 Å². The molecule has 0 fully saturated rings. The number of benzene rings is 8. The van der Waals surface area contributed by atoms with Crippen molar-refractivity contribution in [2.75, 3.05) is 0 Å². The Bertz CT molecular complexity index is 3150. The first kappa shape index (κ1) is 31.0. The number of hydrogen-bond donors (Lipinski definition) is 0. The summed E-state index contributed by atoms with van der Waals surface area (Å²) in [5.41, 5.74) is 18.9. The molecule has 0 saturated carbocycles. The maximum Gasteiger partial charge on any atom is 0.160 e. The van der Waals surface area contributed by atoms with Crippen LogP contribution in [0, 0.1) is 0 Å². The van der Waals surface area contributed by atoms with E-state index in [1.165, 1.54) is 44.5 Å². The third-order valence-electron chi connectivity index (χ3n) is 11.9. The van der Waals surface area contributed by atoms with Crippen LogP contribution >= 0.6 is 0 Å². The SMILES string of the molecule is c1ccc(-c2cc(-c3ccc4c(c3)-c3ccccc3C43c4ccccc4-c4ccccc43)nc(-c3ccc(-c4cccc5c4oc4ccccc45)cc3)n2)cc1. The summed E-state index contributed by atoms with van der Waals surface area (Å²) in [4.78, 5) is 10.5. The first-order valence-electron chi connectivity index (χ1n) is 19.2. The Kier molecular flexibility index (Phi) is 6.55. The minimum atomic E-state index is -0.377. The van der Waals surface area contributed by atoms with Crippen LogP contribution in [0.15, 0.2) is 199 Å². The number of fused-ring (bicyclic) bond motifs is 13. The highest BCUT2D eigenvalue weighted by molar-refractivity contribution is 6.09. The summed E-state index contributed by atoms with van der Waals surface area (Å²) in [5.74, 6) is 0.686. The van der Waals surface area contributed by atoms with Crippen LogP contribution in [0.1, 0.15) is 22.3 Å². The molecule has 3 heteroatoms. The maximum atomic E-state index is 6.38. The zero-order valence-electron chi connectivity index (χ0n) is 30.3. The molecule has 2 aliphatic rings. The molecule has 1 spiro atoms. The molecule has 0 N–H and O–H groups in total. The lowest BCUT2D eigenvalue weighted by molar-refractivity contribution is 0.670. The first-order chi connectivity index (χ1) is 27.8. The average Bonchev–Trinajstić information content (AvgIpc) is 3.91. The Morgan fingerprint density at radius 2 is 0.857 bits per heavy atom. The van der Waals surface area contributed by atoms with Crippen LogP contribution in [0.5, 0.6) is 0 Å². The predicted octanol–water partition coefficient (Wildman–Crippen LogP) is 13.4. The van der Waals surface area contributed by atoms with Gasteiger partial charge in [-0.15, -0.1) is 0 Å². The van der Waals surface area contributed by atoms with Gasteiger partial charge in [0.25, 0.3) is 0 Å². The fraction of sp³-hybridized carbons (Fsp3) is 0.0189. The summed E-state index contributed by atoms with van der Waals surface area (Å²) in [7, 11) is 0. The molecule has 2 aliphatic carbocycles. The topological polar surface area (TPSA) is 38.9 Å². The van der Waals surface area contributed by atoms with Gasteiger partial charge >= 0.3 is 0 Å². The minimum absolute atomic E-state index is 0.377. The van der Waals surface area contributed by atoms with E-state index in [0.29, 0.717) is 5.82 Å². The smallest absolute Gasteiger partial charge is 0.160 e. The fourth-order valence-corrected chi connectivity index (χ4v) is 9.51. The van der Waals surface area contributed by atoms with Gasteiger partial charge in [-0.05, 0) is 68.3 Å². The van der Waals surface area contributed by atoms with Gasteiger partial charge in [0.1, 0.15) is 11.2 Å². The molecule has 0 unspecified atom stereocenters. The van der Waals surface area contributed by atoms with Gasteiger partial charge in [0.05, 0.1) is 16.8 Å². The van der Waals surface area contributed by atoms with E-state index in [2.05, 4.69) is 176 Å². The average molecular weight is 713 g/mol. The van der Waals surface area contributed by atoms with Crippen molar-refractivity contribution < 1.29 is 4.42 Å². The van der Waals surface area contributed by atoms with Crippen LogP contribution in [0.3, 0.4) is 0 Å². The van der Waals surface area contributed by atoms with Gasteiger partial charge < -0.3 is 4.42 Å². The Morgan fingerprint density at radius 3 is 1.57 bits per heavy atom. The van der Waals surface area contributed by atoms with Gasteiger partial charge in [0, 0.05) is 33.0 Å². The molecule has 8 aromatic carbocycles. The van der Waals surface area contributed by atoms with E-state index < -0.39 is 0 Å². The second kappa shape index (κ2) is 11.8. The molecule has 10 aromatic rings. The Labute approximate surface area is 324 Å². The Hall–Kier alpha value is -7.36. The highest BCUT2D eigenvalue weighted by Crippen LogP contribution is 2.63. The van der Waals surface area contributed by atoms with Crippen LogP contribution < -0.4 is 0 Å². The van der Waals surface area contributed by atoms with Crippen molar-refractivity contribution in [2.45, 2.75) is 5.41 Å². The lowest BCUT2D eigenvalue weighted by Crippen LogP contribution is -2.25. The second-order valence-electron chi connectivity index (χ2n) is 14.8. The van der Waals surface area contributed by atoms with Crippen LogP contribution in [-0.2, 0) is 5.41 Å². The van der Waals surface area contributed by atoms with Crippen LogP contribution in [0.2, 0.25) is 0 Å². The number of para-hydroxylation sites is 2. The van der Waals surface area contributed by atoms with E-state index in [4.69, 9.17) is 14.4 Å². The standard InChI is InChI=1S/C53H32N2O/c1-2-13-34(14-3-1)48-32-49(55-52(54-48)35-27-25-33(26-28-35)37-19-12-20-42-41-18-7-11-24-50(41)56-51(37)42)36-29-30-47-43(31-36)40-17-6-10-23-46(40)53(47)44-21-8-4-15-38(44)39-16-5-9-22-45(39)53/h1-32H. The zero-order valence-corrected chi connectivity index (χ0v) is 30.3. The molecular weight excluding hydrogens is 681 g/mol. The maximum absolute atomic E-state index is 6.38. The van der Waals surface area contributed by atoms with Gasteiger partial charge in [-0.3, -0.25) is 0 Å². The molecule has 12 rings (SSSR count). The monoisotopic (exact) mass is 712 g/mol. The molecule has 0 atom stereocenters. The van der Waals surface area contributed by atoms with Crippen LogP contribution in [0.4, 0.5) is 0 Å². The summed E-state index contributed by atoms with van der Waals surface area (Å²) < 4.78 is 6.38. The van der Waals surface area contributed by atoms with Gasteiger partial charge in [0.15, 0.2) is 5.82 Å². The van der Waals surface area contributed by atoms with Crippen molar-refractivity contribution in [3.8, 4) is 67.3 Å². The van der Waals surface area contributed by atoms with E-state index in [1.807, 2.05) is 18.2 Å². The summed E-state index contributed by atoms with van der Waals surface area (Å²) in [6, 6.07) is 69.5. The molecule has 0 radical (unpaired) electrons. The molecule has 2 heterocycles. The largest absolute Gasteiger partial charge is 0.455 e. The number of nitrogens with zero attached hydrogens (tertiary/aromatic N) is 2. The number of rotatable bonds is 4. The normalized spacial score (nSPS) is 13.1. The summed E-state index contributed by atoms with van der Waals surface area (Å²) in [6.45, 7) is 0. The highest BCUT2D eigenvalue weighted by Gasteiger charge is 2.51. The van der Waals surface area contributed by atoms with Gasteiger partial charge in [-0.2, -0.15) is 0 Å². The van der Waals surface area contributed by atoms with Crippen molar-refractivity contribution in [1.82, 2.24) is 9.97 Å². The van der Waals surface area contributed by atoms with Gasteiger partial charge in [0.2, 0.25) is 0 Å². The van der Waals surface area contributed by atoms with Crippen molar-refractivity contribution >= 4 is 21.9 Å². The molecule has 0 aliphatic heterocycles. The van der Waals surface area contributed by atoms with Crippen LogP contribution in [-0.4, -0.2) is 9.97 Å². The predicted molar refractivity (Wildman–Crippen MR) is 227 cm³/mol. The third-order valence-corrected chi connectivity index (χ3v) is 11.9. The molecule has 260 valence electrons. The summed E-state index contributed by atoms with van der Waals surface area (Å²) >= 11 is 0. The number of furan rings is 1. The molecule has 3 nitrogen and oxygen atoms in total.